The second kappa shape index (κ2) is 5.94. The zero-order valence-electron chi connectivity index (χ0n) is 10.9. The Hall–Kier alpha value is -1.74. The molecule has 2 aromatic rings. The van der Waals surface area contributed by atoms with Gasteiger partial charge in [0.25, 0.3) is 10.0 Å². The molecule has 0 atom stereocenters. The number of nitriles is 1. The third-order valence-electron chi connectivity index (χ3n) is 2.89. The summed E-state index contributed by atoms with van der Waals surface area (Å²) >= 11 is 11.7. The Morgan fingerprint density at radius 1 is 1.10 bits per heavy atom. The number of nitrogens with zero attached hydrogens (tertiary/aromatic N) is 2. The molecule has 7 heteroatoms. The van der Waals surface area contributed by atoms with Crippen molar-refractivity contribution in [2.75, 3.05) is 11.4 Å². The van der Waals surface area contributed by atoms with Crippen LogP contribution in [0, 0.1) is 11.3 Å². The predicted octanol–water partition coefficient (Wildman–Crippen LogP) is 3.69. The van der Waals surface area contributed by atoms with Crippen LogP contribution in [0.15, 0.2) is 47.4 Å². The van der Waals surface area contributed by atoms with Gasteiger partial charge in [0.1, 0.15) is 0 Å². The first-order chi connectivity index (χ1) is 9.86. The highest BCUT2D eigenvalue weighted by Gasteiger charge is 2.22. The van der Waals surface area contributed by atoms with Crippen molar-refractivity contribution < 1.29 is 8.42 Å². The van der Waals surface area contributed by atoms with Crippen LogP contribution in [0.3, 0.4) is 0 Å². The molecule has 0 aliphatic heterocycles. The molecule has 0 saturated carbocycles. The molecule has 2 rings (SSSR count). The van der Waals surface area contributed by atoms with E-state index in [4.69, 9.17) is 28.5 Å². The number of halogens is 2. The lowest BCUT2D eigenvalue weighted by Gasteiger charge is -2.19. The molecule has 21 heavy (non-hydrogen) atoms. The van der Waals surface area contributed by atoms with E-state index in [1.54, 1.807) is 18.2 Å². The van der Waals surface area contributed by atoms with Gasteiger partial charge in [-0.1, -0.05) is 29.3 Å². The predicted molar refractivity (Wildman–Crippen MR) is 83.2 cm³/mol. The first-order valence-electron chi connectivity index (χ1n) is 5.80. The largest absolute Gasteiger partial charge is 0.269 e. The van der Waals surface area contributed by atoms with Crippen molar-refractivity contribution in [2.45, 2.75) is 4.90 Å². The zero-order chi connectivity index (χ0) is 15.6. The maximum absolute atomic E-state index is 12.5. The molecule has 0 aliphatic rings. The Labute approximate surface area is 133 Å². The highest BCUT2D eigenvalue weighted by atomic mass is 35.5. The summed E-state index contributed by atoms with van der Waals surface area (Å²) in [5.74, 6) is 0. The van der Waals surface area contributed by atoms with E-state index < -0.39 is 10.0 Å². The number of benzene rings is 2. The van der Waals surface area contributed by atoms with Gasteiger partial charge < -0.3 is 0 Å². The Kier molecular flexibility index (Phi) is 4.43. The first kappa shape index (κ1) is 15.6. The van der Waals surface area contributed by atoms with Crippen LogP contribution in [0.5, 0.6) is 0 Å². The summed E-state index contributed by atoms with van der Waals surface area (Å²) in [6.07, 6.45) is 0. The number of anilines is 1. The van der Waals surface area contributed by atoms with Crippen molar-refractivity contribution in [1.82, 2.24) is 0 Å². The van der Waals surface area contributed by atoms with Crippen molar-refractivity contribution in [1.29, 1.82) is 5.26 Å². The lowest BCUT2D eigenvalue weighted by molar-refractivity contribution is 0.594. The maximum Gasteiger partial charge on any atom is 0.264 e. The SMILES string of the molecule is CN(c1cccc(C#N)c1)S(=O)(=O)c1ccc(Cl)c(Cl)c1. The molecular weight excluding hydrogens is 331 g/mol. The van der Waals surface area contributed by atoms with E-state index in [9.17, 15) is 8.42 Å². The summed E-state index contributed by atoms with van der Waals surface area (Å²) in [4.78, 5) is 0.0294. The number of sulfonamides is 1. The van der Waals surface area contributed by atoms with Crippen LogP contribution in [-0.2, 0) is 10.0 Å². The molecule has 0 aromatic heterocycles. The van der Waals surface area contributed by atoms with Gasteiger partial charge in [-0.05, 0) is 36.4 Å². The molecule has 0 heterocycles. The van der Waals surface area contributed by atoms with Crippen molar-refractivity contribution in [3.8, 4) is 6.07 Å². The molecule has 0 spiro atoms. The van der Waals surface area contributed by atoms with E-state index in [-0.39, 0.29) is 14.9 Å². The molecule has 0 bridgehead atoms. The van der Waals surface area contributed by atoms with Gasteiger partial charge in [0, 0.05) is 7.05 Å². The minimum atomic E-state index is -3.78. The quantitative estimate of drug-likeness (QED) is 0.855. The zero-order valence-corrected chi connectivity index (χ0v) is 13.2. The van der Waals surface area contributed by atoms with Crippen molar-refractivity contribution in [2.24, 2.45) is 0 Å². The molecule has 0 unspecified atom stereocenters. The summed E-state index contributed by atoms with van der Waals surface area (Å²) in [5.41, 5.74) is 0.767. The van der Waals surface area contributed by atoms with Crippen LogP contribution in [0.1, 0.15) is 5.56 Å². The summed E-state index contributed by atoms with van der Waals surface area (Å²) in [5, 5.41) is 9.33. The topological polar surface area (TPSA) is 61.2 Å². The lowest BCUT2D eigenvalue weighted by Crippen LogP contribution is -2.26. The molecule has 0 aliphatic carbocycles. The maximum atomic E-state index is 12.5. The fourth-order valence-electron chi connectivity index (χ4n) is 1.71. The van der Waals surface area contributed by atoms with Crippen LogP contribution in [0.25, 0.3) is 0 Å². The lowest BCUT2D eigenvalue weighted by atomic mass is 10.2. The van der Waals surface area contributed by atoms with Crippen LogP contribution < -0.4 is 4.31 Å². The van der Waals surface area contributed by atoms with Crippen molar-refractivity contribution >= 4 is 38.9 Å². The minimum Gasteiger partial charge on any atom is -0.269 e. The first-order valence-corrected chi connectivity index (χ1v) is 8.00. The van der Waals surface area contributed by atoms with Crippen LogP contribution in [0.4, 0.5) is 5.69 Å². The molecule has 0 saturated heterocycles. The Morgan fingerprint density at radius 3 is 2.43 bits per heavy atom. The van der Waals surface area contributed by atoms with Crippen molar-refractivity contribution in [3.05, 3.63) is 58.1 Å². The highest BCUT2D eigenvalue weighted by molar-refractivity contribution is 7.92. The fourth-order valence-corrected chi connectivity index (χ4v) is 3.28. The summed E-state index contributed by atoms with van der Waals surface area (Å²) in [7, 11) is -2.36. The monoisotopic (exact) mass is 340 g/mol. The van der Waals surface area contributed by atoms with E-state index >= 15 is 0 Å². The van der Waals surface area contributed by atoms with Gasteiger partial charge in [-0.15, -0.1) is 0 Å². The molecule has 0 N–H and O–H groups in total. The number of hydrogen-bond acceptors (Lipinski definition) is 3. The van der Waals surface area contributed by atoms with E-state index in [1.807, 2.05) is 6.07 Å². The Balaban J connectivity index is 2.47. The second-order valence-corrected chi connectivity index (χ2v) is 6.99. The smallest absolute Gasteiger partial charge is 0.264 e. The van der Waals surface area contributed by atoms with Gasteiger partial charge in [-0.2, -0.15) is 5.26 Å². The molecule has 4 nitrogen and oxygen atoms in total. The van der Waals surface area contributed by atoms with Gasteiger partial charge >= 0.3 is 0 Å². The third-order valence-corrected chi connectivity index (χ3v) is 5.41. The van der Waals surface area contributed by atoms with Gasteiger partial charge in [0.05, 0.1) is 32.3 Å². The minimum absolute atomic E-state index is 0.0294. The third kappa shape index (κ3) is 3.13. The molecule has 0 amide bonds. The van der Waals surface area contributed by atoms with Gasteiger partial charge in [0.2, 0.25) is 0 Å². The molecular formula is C14H10Cl2N2O2S. The molecule has 0 fully saturated rings. The number of hydrogen-bond donors (Lipinski definition) is 0. The van der Waals surface area contributed by atoms with Crippen molar-refractivity contribution in [3.63, 3.8) is 0 Å². The standard InChI is InChI=1S/C14H10Cl2N2O2S/c1-18(11-4-2-3-10(7-11)9-17)21(19,20)12-5-6-13(15)14(16)8-12/h2-8H,1H3. The van der Waals surface area contributed by atoms with Crippen LogP contribution in [0.2, 0.25) is 10.0 Å². The van der Waals surface area contributed by atoms with Crippen LogP contribution >= 0.6 is 23.2 Å². The van der Waals surface area contributed by atoms with E-state index in [0.29, 0.717) is 11.3 Å². The summed E-state index contributed by atoms with van der Waals surface area (Å²) in [6, 6.07) is 12.4. The normalized spacial score (nSPS) is 11.0. The Bertz CT molecular complexity index is 829. The fraction of sp³-hybridized carbons (Fsp3) is 0.0714. The summed E-state index contributed by atoms with van der Waals surface area (Å²) < 4.78 is 26.2. The van der Waals surface area contributed by atoms with E-state index in [1.165, 1.54) is 31.3 Å². The molecule has 2 aromatic carbocycles. The molecule has 108 valence electrons. The second-order valence-electron chi connectivity index (χ2n) is 4.21. The summed E-state index contributed by atoms with van der Waals surface area (Å²) in [6.45, 7) is 0. The molecule has 0 radical (unpaired) electrons. The van der Waals surface area contributed by atoms with E-state index in [2.05, 4.69) is 0 Å². The van der Waals surface area contributed by atoms with Gasteiger partial charge in [0.15, 0.2) is 0 Å². The van der Waals surface area contributed by atoms with Crippen LogP contribution in [-0.4, -0.2) is 15.5 Å². The average Bonchev–Trinajstić information content (AvgIpc) is 2.49. The highest BCUT2D eigenvalue weighted by Crippen LogP contribution is 2.28. The number of rotatable bonds is 3. The van der Waals surface area contributed by atoms with Gasteiger partial charge in [-0.25, -0.2) is 8.42 Å². The Morgan fingerprint density at radius 2 is 1.81 bits per heavy atom. The van der Waals surface area contributed by atoms with Gasteiger partial charge in [-0.3, -0.25) is 4.31 Å². The van der Waals surface area contributed by atoms with E-state index in [0.717, 1.165) is 4.31 Å². The average molecular weight is 341 g/mol.